The van der Waals surface area contributed by atoms with Crippen molar-refractivity contribution >= 4 is 23.1 Å². The molecule has 1 aliphatic rings. The summed E-state index contributed by atoms with van der Waals surface area (Å²) >= 11 is 3.61. The van der Waals surface area contributed by atoms with E-state index in [4.69, 9.17) is 4.74 Å². The van der Waals surface area contributed by atoms with Gasteiger partial charge in [-0.1, -0.05) is 6.07 Å². The number of hydrogen-bond acceptors (Lipinski definition) is 5. The molecule has 1 atom stereocenters. The van der Waals surface area contributed by atoms with Crippen LogP contribution in [0.15, 0.2) is 17.5 Å². The molecule has 18 heavy (non-hydrogen) atoms. The Morgan fingerprint density at radius 3 is 3.06 bits per heavy atom. The average molecular weight is 287 g/mol. The number of nitrogens with one attached hydrogen (secondary N) is 1. The van der Waals surface area contributed by atoms with Crippen LogP contribution in [0.3, 0.4) is 0 Å². The van der Waals surface area contributed by atoms with Gasteiger partial charge in [-0.05, 0) is 30.5 Å². The number of rotatable bonds is 9. The van der Waals surface area contributed by atoms with Crippen LogP contribution in [-0.2, 0) is 11.3 Å². The fourth-order valence-corrected chi connectivity index (χ4v) is 3.21. The number of ether oxygens (including phenoxy) is 1. The maximum absolute atomic E-state index is 9.78. The zero-order chi connectivity index (χ0) is 12.8. The summed E-state index contributed by atoms with van der Waals surface area (Å²) in [5, 5.41) is 15.1. The molecule has 1 fully saturated rings. The maximum Gasteiger partial charge on any atom is 0.0897 e. The van der Waals surface area contributed by atoms with Crippen LogP contribution in [0.1, 0.15) is 17.7 Å². The molecule has 0 aromatic carbocycles. The van der Waals surface area contributed by atoms with Gasteiger partial charge in [0.05, 0.1) is 19.3 Å². The first-order chi connectivity index (χ1) is 8.74. The van der Waals surface area contributed by atoms with Crippen molar-refractivity contribution in [2.24, 2.45) is 0 Å². The second kappa shape index (κ2) is 6.91. The molecule has 5 heteroatoms. The molecule has 102 valence electrons. The minimum atomic E-state index is -0.414. The molecule has 0 bridgehead atoms. The van der Waals surface area contributed by atoms with Gasteiger partial charge in [0, 0.05) is 22.7 Å². The SMILES string of the molecule is CSC1(CNCC(O)COCc2cccs2)CC1. The Labute approximate surface area is 117 Å². The minimum absolute atomic E-state index is 0.400. The van der Waals surface area contributed by atoms with Gasteiger partial charge in [0.1, 0.15) is 0 Å². The highest BCUT2D eigenvalue weighted by molar-refractivity contribution is 8.00. The van der Waals surface area contributed by atoms with E-state index in [0.717, 1.165) is 6.54 Å². The standard InChI is InChI=1S/C13H21NO2S2/c1-17-13(4-5-13)10-14-7-11(15)8-16-9-12-3-2-6-18-12/h2-3,6,11,14-15H,4-5,7-10H2,1H3. The predicted molar refractivity (Wildman–Crippen MR) is 78.3 cm³/mol. The Bertz CT molecular complexity index is 339. The molecular formula is C13H21NO2S2. The van der Waals surface area contributed by atoms with E-state index in [2.05, 4.69) is 11.6 Å². The van der Waals surface area contributed by atoms with Gasteiger partial charge in [-0.2, -0.15) is 11.8 Å². The summed E-state index contributed by atoms with van der Waals surface area (Å²) in [6.07, 6.45) is 4.34. The quantitative estimate of drug-likeness (QED) is 0.730. The smallest absolute Gasteiger partial charge is 0.0897 e. The topological polar surface area (TPSA) is 41.5 Å². The van der Waals surface area contributed by atoms with E-state index >= 15 is 0 Å². The molecule has 0 amide bonds. The van der Waals surface area contributed by atoms with E-state index in [1.807, 2.05) is 29.3 Å². The molecule has 1 aromatic heterocycles. The predicted octanol–water partition coefficient (Wildman–Crippen LogP) is 2.11. The summed E-state index contributed by atoms with van der Waals surface area (Å²) in [5.74, 6) is 0. The summed E-state index contributed by atoms with van der Waals surface area (Å²) in [7, 11) is 0. The van der Waals surface area contributed by atoms with Crippen molar-refractivity contribution < 1.29 is 9.84 Å². The highest BCUT2D eigenvalue weighted by atomic mass is 32.2. The van der Waals surface area contributed by atoms with Crippen LogP contribution in [-0.4, -0.2) is 41.9 Å². The van der Waals surface area contributed by atoms with Crippen molar-refractivity contribution in [3.05, 3.63) is 22.4 Å². The van der Waals surface area contributed by atoms with Crippen molar-refractivity contribution in [2.75, 3.05) is 26.0 Å². The van der Waals surface area contributed by atoms with Crippen LogP contribution in [0.2, 0.25) is 0 Å². The van der Waals surface area contributed by atoms with Crippen molar-refractivity contribution in [3.63, 3.8) is 0 Å². The highest BCUT2D eigenvalue weighted by Crippen LogP contribution is 2.46. The normalized spacial score (nSPS) is 18.8. The van der Waals surface area contributed by atoms with Gasteiger partial charge >= 0.3 is 0 Å². The minimum Gasteiger partial charge on any atom is -0.389 e. The zero-order valence-corrected chi connectivity index (χ0v) is 12.4. The number of thiophene rings is 1. The molecule has 1 heterocycles. The molecule has 1 aromatic rings. The van der Waals surface area contributed by atoms with E-state index in [-0.39, 0.29) is 0 Å². The van der Waals surface area contributed by atoms with Gasteiger partial charge in [-0.25, -0.2) is 0 Å². The molecule has 1 saturated carbocycles. The fraction of sp³-hybridized carbons (Fsp3) is 0.692. The number of thioether (sulfide) groups is 1. The molecule has 0 spiro atoms. The van der Waals surface area contributed by atoms with Crippen LogP contribution in [0, 0.1) is 0 Å². The first kappa shape index (κ1) is 14.3. The molecule has 1 unspecified atom stereocenters. The lowest BCUT2D eigenvalue weighted by atomic mass is 10.3. The Morgan fingerprint density at radius 1 is 1.61 bits per heavy atom. The van der Waals surface area contributed by atoms with Crippen LogP contribution < -0.4 is 5.32 Å². The van der Waals surface area contributed by atoms with Gasteiger partial charge in [0.15, 0.2) is 0 Å². The third-order valence-corrected chi connectivity index (χ3v) is 5.47. The van der Waals surface area contributed by atoms with E-state index < -0.39 is 6.10 Å². The van der Waals surface area contributed by atoms with E-state index in [1.165, 1.54) is 17.7 Å². The maximum atomic E-state index is 9.78. The molecule has 0 saturated heterocycles. The molecule has 3 nitrogen and oxygen atoms in total. The van der Waals surface area contributed by atoms with E-state index in [1.54, 1.807) is 11.3 Å². The van der Waals surface area contributed by atoms with Crippen LogP contribution in [0.4, 0.5) is 0 Å². The Balaban J connectivity index is 1.51. The summed E-state index contributed by atoms with van der Waals surface area (Å²) in [5.41, 5.74) is 0. The zero-order valence-electron chi connectivity index (χ0n) is 10.7. The Morgan fingerprint density at radius 2 is 2.44 bits per heavy atom. The number of aliphatic hydroxyl groups excluding tert-OH is 1. The number of aliphatic hydroxyl groups is 1. The van der Waals surface area contributed by atoms with Gasteiger partial charge in [0.2, 0.25) is 0 Å². The third-order valence-electron chi connectivity index (χ3n) is 3.20. The van der Waals surface area contributed by atoms with Crippen molar-refractivity contribution in [2.45, 2.75) is 30.3 Å². The summed E-state index contributed by atoms with van der Waals surface area (Å²) in [6.45, 7) is 2.61. The van der Waals surface area contributed by atoms with Gasteiger partial charge in [-0.3, -0.25) is 0 Å². The number of hydrogen-bond donors (Lipinski definition) is 2. The van der Waals surface area contributed by atoms with Crippen LogP contribution >= 0.6 is 23.1 Å². The first-order valence-electron chi connectivity index (χ1n) is 6.28. The lowest BCUT2D eigenvalue weighted by Gasteiger charge is -2.16. The van der Waals surface area contributed by atoms with Gasteiger partial charge < -0.3 is 15.2 Å². The van der Waals surface area contributed by atoms with E-state index in [0.29, 0.717) is 24.5 Å². The van der Waals surface area contributed by atoms with Crippen molar-refractivity contribution in [1.82, 2.24) is 5.32 Å². The Kier molecular flexibility index (Phi) is 5.51. The third kappa shape index (κ3) is 4.55. The highest BCUT2D eigenvalue weighted by Gasteiger charge is 2.41. The lowest BCUT2D eigenvalue weighted by molar-refractivity contribution is 0.0299. The largest absolute Gasteiger partial charge is 0.389 e. The van der Waals surface area contributed by atoms with E-state index in [9.17, 15) is 5.11 Å². The molecule has 0 radical (unpaired) electrons. The van der Waals surface area contributed by atoms with Crippen LogP contribution in [0.5, 0.6) is 0 Å². The molecule has 1 aliphatic carbocycles. The molecule has 2 rings (SSSR count). The summed E-state index contributed by atoms with van der Waals surface area (Å²) in [6, 6.07) is 4.06. The monoisotopic (exact) mass is 287 g/mol. The second-order valence-electron chi connectivity index (χ2n) is 4.77. The van der Waals surface area contributed by atoms with Gasteiger partial charge in [-0.15, -0.1) is 11.3 Å². The Hall–Kier alpha value is -0.0700. The van der Waals surface area contributed by atoms with Gasteiger partial charge in [0.25, 0.3) is 0 Å². The lowest BCUT2D eigenvalue weighted by Crippen LogP contribution is -2.35. The average Bonchev–Trinajstić information content (AvgIpc) is 2.96. The second-order valence-corrected chi connectivity index (χ2v) is 7.07. The first-order valence-corrected chi connectivity index (χ1v) is 8.39. The molecular weight excluding hydrogens is 266 g/mol. The summed E-state index contributed by atoms with van der Waals surface area (Å²) < 4.78 is 5.94. The van der Waals surface area contributed by atoms with Crippen molar-refractivity contribution in [3.8, 4) is 0 Å². The van der Waals surface area contributed by atoms with Crippen LogP contribution in [0.25, 0.3) is 0 Å². The van der Waals surface area contributed by atoms with Crippen molar-refractivity contribution in [1.29, 1.82) is 0 Å². The summed E-state index contributed by atoms with van der Waals surface area (Å²) in [4.78, 5) is 1.20. The molecule has 0 aliphatic heterocycles. The fourth-order valence-electron chi connectivity index (χ4n) is 1.81. The molecule has 2 N–H and O–H groups in total.